The molecule has 0 aliphatic rings. The molecule has 0 spiro atoms. The second-order valence-electron chi connectivity index (χ2n) is 4.58. The molecule has 0 aliphatic heterocycles. The number of hydrogen-bond donors (Lipinski definition) is 1. The molecule has 0 radical (unpaired) electrons. The van der Waals surface area contributed by atoms with E-state index in [-0.39, 0.29) is 0 Å². The molecule has 0 bridgehead atoms. The van der Waals surface area contributed by atoms with E-state index in [1.165, 1.54) is 5.56 Å². The Bertz CT molecular complexity index is 258. The molecule has 1 heteroatoms. The van der Waals surface area contributed by atoms with E-state index in [1.807, 2.05) is 19.9 Å². The Morgan fingerprint density at radius 3 is 2.29 bits per heavy atom. The van der Waals surface area contributed by atoms with Gasteiger partial charge in [0.25, 0.3) is 0 Å². The van der Waals surface area contributed by atoms with E-state index in [2.05, 4.69) is 31.2 Å². The van der Waals surface area contributed by atoms with Crippen LogP contribution in [0.15, 0.2) is 30.3 Å². The van der Waals surface area contributed by atoms with Crippen LogP contribution in [0.2, 0.25) is 0 Å². The second kappa shape index (κ2) is 4.61. The van der Waals surface area contributed by atoms with Crippen LogP contribution in [0.4, 0.5) is 0 Å². The highest BCUT2D eigenvalue weighted by atomic mass is 16.3. The SMILES string of the molecule is C[C@@H](CCc1ccccc1)C(C)(C)O. The molecule has 1 N–H and O–H groups in total. The van der Waals surface area contributed by atoms with Crippen molar-refractivity contribution in [3.8, 4) is 0 Å². The fourth-order valence-corrected chi connectivity index (χ4v) is 1.38. The summed E-state index contributed by atoms with van der Waals surface area (Å²) >= 11 is 0. The number of aliphatic hydroxyl groups is 1. The third kappa shape index (κ3) is 3.51. The minimum Gasteiger partial charge on any atom is -0.390 e. The van der Waals surface area contributed by atoms with E-state index in [0.717, 1.165) is 12.8 Å². The van der Waals surface area contributed by atoms with Gasteiger partial charge in [0.1, 0.15) is 0 Å². The highest BCUT2D eigenvalue weighted by Crippen LogP contribution is 2.21. The number of aryl methyl sites for hydroxylation is 1. The molecular formula is C13H20O. The highest BCUT2D eigenvalue weighted by Gasteiger charge is 2.21. The zero-order valence-corrected chi connectivity index (χ0v) is 9.33. The summed E-state index contributed by atoms with van der Waals surface area (Å²) in [6, 6.07) is 10.4. The summed E-state index contributed by atoms with van der Waals surface area (Å²) in [6.45, 7) is 5.86. The molecular weight excluding hydrogens is 172 g/mol. The van der Waals surface area contributed by atoms with Crippen LogP contribution in [0, 0.1) is 5.92 Å². The van der Waals surface area contributed by atoms with E-state index in [1.54, 1.807) is 0 Å². The molecule has 1 rings (SSSR count). The van der Waals surface area contributed by atoms with Gasteiger partial charge in [-0.25, -0.2) is 0 Å². The molecule has 1 nitrogen and oxygen atoms in total. The summed E-state index contributed by atoms with van der Waals surface area (Å²) in [7, 11) is 0. The minimum absolute atomic E-state index is 0.336. The first-order valence-electron chi connectivity index (χ1n) is 5.26. The van der Waals surface area contributed by atoms with Crippen molar-refractivity contribution in [3.05, 3.63) is 35.9 Å². The molecule has 0 fully saturated rings. The zero-order valence-electron chi connectivity index (χ0n) is 9.33. The summed E-state index contributed by atoms with van der Waals surface area (Å²) in [4.78, 5) is 0. The maximum Gasteiger partial charge on any atom is 0.0617 e. The molecule has 0 unspecified atom stereocenters. The highest BCUT2D eigenvalue weighted by molar-refractivity contribution is 5.14. The van der Waals surface area contributed by atoms with Gasteiger partial charge in [-0.3, -0.25) is 0 Å². The monoisotopic (exact) mass is 192 g/mol. The molecule has 1 aromatic carbocycles. The molecule has 0 saturated heterocycles. The van der Waals surface area contributed by atoms with Crippen LogP contribution < -0.4 is 0 Å². The van der Waals surface area contributed by atoms with E-state index in [0.29, 0.717) is 5.92 Å². The molecule has 0 saturated carbocycles. The molecule has 0 amide bonds. The number of hydrogen-bond acceptors (Lipinski definition) is 1. The lowest BCUT2D eigenvalue weighted by Crippen LogP contribution is -2.28. The number of rotatable bonds is 4. The van der Waals surface area contributed by atoms with Gasteiger partial charge in [-0.1, -0.05) is 37.3 Å². The lowest BCUT2D eigenvalue weighted by molar-refractivity contribution is 0.0215. The predicted molar refractivity (Wildman–Crippen MR) is 60.2 cm³/mol. The largest absolute Gasteiger partial charge is 0.390 e. The molecule has 0 heterocycles. The van der Waals surface area contributed by atoms with Gasteiger partial charge in [-0.2, -0.15) is 0 Å². The van der Waals surface area contributed by atoms with Crippen molar-refractivity contribution in [2.24, 2.45) is 5.92 Å². The van der Waals surface area contributed by atoms with Gasteiger partial charge >= 0.3 is 0 Å². The summed E-state index contributed by atoms with van der Waals surface area (Å²) in [6.07, 6.45) is 2.08. The Morgan fingerprint density at radius 2 is 1.79 bits per heavy atom. The first-order valence-corrected chi connectivity index (χ1v) is 5.26. The molecule has 1 aromatic rings. The van der Waals surface area contributed by atoms with E-state index >= 15 is 0 Å². The maximum atomic E-state index is 9.76. The Labute approximate surface area is 86.8 Å². The first-order chi connectivity index (χ1) is 6.50. The summed E-state index contributed by atoms with van der Waals surface area (Å²) < 4.78 is 0. The average Bonchev–Trinajstić information content (AvgIpc) is 2.14. The molecule has 78 valence electrons. The van der Waals surface area contributed by atoms with Gasteiger partial charge in [0.15, 0.2) is 0 Å². The summed E-state index contributed by atoms with van der Waals surface area (Å²) in [5.41, 5.74) is 0.790. The van der Waals surface area contributed by atoms with Crippen molar-refractivity contribution in [3.63, 3.8) is 0 Å². The van der Waals surface area contributed by atoms with Crippen LogP contribution in [0.3, 0.4) is 0 Å². The van der Waals surface area contributed by atoms with Crippen molar-refractivity contribution in [1.29, 1.82) is 0 Å². The van der Waals surface area contributed by atoms with Gasteiger partial charge in [0.2, 0.25) is 0 Å². The third-order valence-electron chi connectivity index (χ3n) is 2.91. The fourth-order valence-electron chi connectivity index (χ4n) is 1.38. The quantitative estimate of drug-likeness (QED) is 0.777. The van der Waals surface area contributed by atoms with Gasteiger partial charge in [0, 0.05) is 0 Å². The zero-order chi connectivity index (χ0) is 10.6. The average molecular weight is 192 g/mol. The Hall–Kier alpha value is -0.820. The minimum atomic E-state index is -0.561. The predicted octanol–water partition coefficient (Wildman–Crippen LogP) is 3.03. The lowest BCUT2D eigenvalue weighted by Gasteiger charge is -2.25. The summed E-state index contributed by atoms with van der Waals surface area (Å²) in [5, 5.41) is 9.76. The Morgan fingerprint density at radius 1 is 1.21 bits per heavy atom. The Balaban J connectivity index is 2.42. The number of benzene rings is 1. The van der Waals surface area contributed by atoms with Crippen LogP contribution in [0.25, 0.3) is 0 Å². The first kappa shape index (κ1) is 11.3. The van der Waals surface area contributed by atoms with Crippen molar-refractivity contribution in [1.82, 2.24) is 0 Å². The summed E-state index contributed by atoms with van der Waals surface area (Å²) in [5.74, 6) is 0.336. The third-order valence-corrected chi connectivity index (χ3v) is 2.91. The van der Waals surface area contributed by atoms with Crippen molar-refractivity contribution in [2.45, 2.75) is 39.2 Å². The molecule has 0 aromatic heterocycles. The topological polar surface area (TPSA) is 20.2 Å². The van der Waals surface area contributed by atoms with E-state index in [9.17, 15) is 5.11 Å². The van der Waals surface area contributed by atoms with Crippen molar-refractivity contribution >= 4 is 0 Å². The standard InChI is InChI=1S/C13H20O/c1-11(13(2,3)14)9-10-12-7-5-4-6-8-12/h4-8,11,14H,9-10H2,1-3H3/t11-/m0/s1. The van der Waals surface area contributed by atoms with Crippen molar-refractivity contribution < 1.29 is 5.11 Å². The van der Waals surface area contributed by atoms with E-state index in [4.69, 9.17) is 0 Å². The van der Waals surface area contributed by atoms with Crippen LogP contribution in [-0.4, -0.2) is 10.7 Å². The van der Waals surface area contributed by atoms with Crippen LogP contribution >= 0.6 is 0 Å². The fraction of sp³-hybridized carbons (Fsp3) is 0.538. The van der Waals surface area contributed by atoms with Crippen LogP contribution in [0.5, 0.6) is 0 Å². The van der Waals surface area contributed by atoms with Gasteiger partial charge < -0.3 is 5.11 Å². The smallest absolute Gasteiger partial charge is 0.0617 e. The van der Waals surface area contributed by atoms with Gasteiger partial charge in [-0.05, 0) is 38.2 Å². The molecule has 1 atom stereocenters. The molecule has 0 aliphatic carbocycles. The lowest BCUT2D eigenvalue weighted by atomic mass is 9.88. The van der Waals surface area contributed by atoms with E-state index < -0.39 is 5.60 Å². The Kier molecular flexibility index (Phi) is 3.70. The van der Waals surface area contributed by atoms with Crippen LogP contribution in [0.1, 0.15) is 32.8 Å². The van der Waals surface area contributed by atoms with Crippen molar-refractivity contribution in [2.75, 3.05) is 0 Å². The molecule has 14 heavy (non-hydrogen) atoms. The van der Waals surface area contributed by atoms with Gasteiger partial charge in [-0.15, -0.1) is 0 Å². The maximum absolute atomic E-state index is 9.76. The second-order valence-corrected chi connectivity index (χ2v) is 4.58. The van der Waals surface area contributed by atoms with Gasteiger partial charge in [0.05, 0.1) is 5.60 Å². The normalized spacial score (nSPS) is 14.0. The van der Waals surface area contributed by atoms with Crippen LogP contribution in [-0.2, 0) is 6.42 Å².